The average Bonchev–Trinajstić information content (AvgIpc) is 3.23. The van der Waals surface area contributed by atoms with E-state index in [4.69, 9.17) is 9.47 Å². The fourth-order valence-corrected chi connectivity index (χ4v) is 5.80. The van der Waals surface area contributed by atoms with E-state index >= 15 is 0 Å². The van der Waals surface area contributed by atoms with Crippen LogP contribution in [0.25, 0.3) is 0 Å². The van der Waals surface area contributed by atoms with E-state index in [2.05, 4.69) is 9.88 Å². The molecule has 0 spiro atoms. The van der Waals surface area contributed by atoms with Crippen molar-refractivity contribution in [1.29, 1.82) is 0 Å². The van der Waals surface area contributed by atoms with Gasteiger partial charge in [-0.25, -0.2) is 4.79 Å². The van der Waals surface area contributed by atoms with Gasteiger partial charge in [0.25, 0.3) is 0 Å². The van der Waals surface area contributed by atoms with E-state index in [9.17, 15) is 9.59 Å². The topological polar surface area (TPSA) is 76.9 Å². The Morgan fingerprint density at radius 1 is 1.13 bits per heavy atom. The summed E-state index contributed by atoms with van der Waals surface area (Å²) in [5, 5.41) is 0.754. The normalized spacial score (nSPS) is 24.4. The molecule has 1 aliphatic carbocycles. The van der Waals surface area contributed by atoms with E-state index in [1.807, 2.05) is 23.3 Å². The summed E-state index contributed by atoms with van der Waals surface area (Å²) in [6.07, 6.45) is 3.96. The molecule has 2 aliphatic heterocycles. The summed E-state index contributed by atoms with van der Waals surface area (Å²) < 4.78 is 13.0. The van der Waals surface area contributed by atoms with Gasteiger partial charge in [0.1, 0.15) is 5.03 Å². The molecule has 2 fully saturated rings. The second kappa shape index (κ2) is 10.5. The number of rotatable bonds is 7. The van der Waals surface area contributed by atoms with Gasteiger partial charge in [-0.1, -0.05) is 11.8 Å². The van der Waals surface area contributed by atoms with Crippen LogP contribution in [-0.4, -0.2) is 89.2 Å². The molecule has 0 aromatic carbocycles. The van der Waals surface area contributed by atoms with Gasteiger partial charge in [-0.2, -0.15) is 4.98 Å². The van der Waals surface area contributed by atoms with Crippen molar-refractivity contribution >= 4 is 17.7 Å². The third-order valence-corrected chi connectivity index (χ3v) is 7.27. The predicted octanol–water partition coefficient (Wildman–Crippen LogP) is 1.18. The maximum atomic E-state index is 12.8. The molecule has 0 radical (unpaired) electrons. The van der Waals surface area contributed by atoms with Gasteiger partial charge in [-0.3, -0.25) is 14.3 Å². The number of hydrogen-bond donors (Lipinski definition) is 0. The molecule has 1 aromatic heterocycles. The van der Waals surface area contributed by atoms with Crippen molar-refractivity contribution in [3.8, 4) is 0 Å². The van der Waals surface area contributed by atoms with E-state index in [-0.39, 0.29) is 23.8 Å². The van der Waals surface area contributed by atoms with Crippen molar-refractivity contribution in [3.05, 3.63) is 21.7 Å². The van der Waals surface area contributed by atoms with Crippen molar-refractivity contribution in [1.82, 2.24) is 19.4 Å². The van der Waals surface area contributed by atoms with Crippen LogP contribution in [0.1, 0.15) is 37.9 Å². The molecular weight excluding hydrogens is 416 g/mol. The summed E-state index contributed by atoms with van der Waals surface area (Å²) in [6.45, 7) is 10.5. The van der Waals surface area contributed by atoms with Crippen LogP contribution in [-0.2, 0) is 33.7 Å². The second-order valence-corrected chi connectivity index (χ2v) is 9.75. The second-order valence-electron chi connectivity index (χ2n) is 8.78. The molecule has 1 amide bonds. The minimum Gasteiger partial charge on any atom is -0.379 e. The molecule has 1 aromatic rings. The largest absolute Gasteiger partial charge is 0.379 e. The molecule has 0 N–H and O–H groups in total. The van der Waals surface area contributed by atoms with E-state index in [0.717, 1.165) is 69.3 Å². The third-order valence-electron chi connectivity index (χ3n) is 6.27. The highest BCUT2D eigenvalue weighted by Gasteiger charge is 2.27. The molecule has 2 unspecified atom stereocenters. The molecule has 0 bridgehead atoms. The zero-order valence-electron chi connectivity index (χ0n) is 18.7. The summed E-state index contributed by atoms with van der Waals surface area (Å²) in [5.41, 5.74) is 2.13. The number of morpholine rings is 2. The van der Waals surface area contributed by atoms with Crippen molar-refractivity contribution in [2.75, 3.05) is 51.7 Å². The summed E-state index contributed by atoms with van der Waals surface area (Å²) in [7, 11) is 0. The molecule has 3 aliphatic rings. The molecular formula is C22H34N4O4S. The number of thioether (sulfide) groups is 1. The molecule has 9 heteroatoms. The Labute approximate surface area is 188 Å². The van der Waals surface area contributed by atoms with E-state index in [0.29, 0.717) is 25.4 Å². The van der Waals surface area contributed by atoms with E-state index < -0.39 is 0 Å². The van der Waals surface area contributed by atoms with Gasteiger partial charge >= 0.3 is 5.69 Å². The number of ether oxygens (including phenoxy) is 2. The third kappa shape index (κ3) is 5.69. The fraction of sp³-hybridized carbons (Fsp3) is 0.773. The first-order valence-electron chi connectivity index (χ1n) is 11.5. The van der Waals surface area contributed by atoms with Crippen LogP contribution in [0, 0.1) is 0 Å². The first-order chi connectivity index (χ1) is 15.0. The zero-order valence-corrected chi connectivity index (χ0v) is 19.5. The van der Waals surface area contributed by atoms with Gasteiger partial charge in [0, 0.05) is 50.5 Å². The Balaban J connectivity index is 1.38. The minimum absolute atomic E-state index is 0.0569. The summed E-state index contributed by atoms with van der Waals surface area (Å²) in [5.74, 6) is 0.412. The van der Waals surface area contributed by atoms with Gasteiger partial charge in [0.15, 0.2) is 0 Å². The van der Waals surface area contributed by atoms with E-state index in [1.165, 1.54) is 17.3 Å². The van der Waals surface area contributed by atoms with Gasteiger partial charge < -0.3 is 14.4 Å². The van der Waals surface area contributed by atoms with Crippen LogP contribution in [0.2, 0.25) is 0 Å². The van der Waals surface area contributed by atoms with Crippen LogP contribution in [0.15, 0.2) is 9.82 Å². The van der Waals surface area contributed by atoms with Crippen LogP contribution in [0.3, 0.4) is 0 Å². The first kappa shape index (κ1) is 22.8. The summed E-state index contributed by atoms with van der Waals surface area (Å²) in [6, 6.07) is 0. The molecule has 0 saturated carbocycles. The Kier molecular flexibility index (Phi) is 7.68. The van der Waals surface area contributed by atoms with Crippen molar-refractivity contribution in [2.45, 2.75) is 63.3 Å². The number of carbonyl (C=O) groups excluding carboxylic acids is 1. The molecule has 4 rings (SSSR count). The highest BCUT2D eigenvalue weighted by atomic mass is 32.2. The maximum Gasteiger partial charge on any atom is 0.348 e. The Morgan fingerprint density at radius 3 is 2.61 bits per heavy atom. The average molecular weight is 451 g/mol. The lowest BCUT2D eigenvalue weighted by Gasteiger charge is -2.35. The van der Waals surface area contributed by atoms with Crippen LogP contribution >= 0.6 is 11.8 Å². The van der Waals surface area contributed by atoms with E-state index in [1.54, 1.807) is 0 Å². The SMILES string of the molecule is CC1CN(C(=O)CSc2nc(=O)n(CCCN3CCOCC3)c3c2CCC3)CC(C)O1. The standard InChI is InChI=1S/C22H34N4O4S/c1-16-13-25(14-17(2)30-16)20(27)15-31-21-18-5-3-6-19(18)26(22(28)23-21)8-4-7-24-9-11-29-12-10-24/h16-17H,3-15H2,1-2H3. The van der Waals surface area contributed by atoms with Crippen LogP contribution < -0.4 is 5.69 Å². The summed E-state index contributed by atoms with van der Waals surface area (Å²) in [4.78, 5) is 34.2. The highest BCUT2D eigenvalue weighted by Crippen LogP contribution is 2.29. The summed E-state index contributed by atoms with van der Waals surface area (Å²) >= 11 is 1.42. The number of aromatic nitrogens is 2. The molecule has 8 nitrogen and oxygen atoms in total. The Bertz CT molecular complexity index is 830. The first-order valence-corrected chi connectivity index (χ1v) is 12.5. The van der Waals surface area contributed by atoms with Gasteiger partial charge in [-0.05, 0) is 39.5 Å². The van der Waals surface area contributed by atoms with Crippen molar-refractivity contribution < 1.29 is 14.3 Å². The number of carbonyl (C=O) groups is 1. The predicted molar refractivity (Wildman–Crippen MR) is 120 cm³/mol. The van der Waals surface area contributed by atoms with Gasteiger partial charge in [0.05, 0.1) is 31.2 Å². The van der Waals surface area contributed by atoms with Gasteiger partial charge in [-0.15, -0.1) is 0 Å². The number of nitrogens with zero attached hydrogens (tertiary/aromatic N) is 4. The van der Waals surface area contributed by atoms with Crippen molar-refractivity contribution in [3.63, 3.8) is 0 Å². The van der Waals surface area contributed by atoms with Gasteiger partial charge in [0.2, 0.25) is 5.91 Å². The lowest BCUT2D eigenvalue weighted by Crippen LogP contribution is -2.48. The molecule has 3 heterocycles. The van der Waals surface area contributed by atoms with Crippen LogP contribution in [0.4, 0.5) is 0 Å². The number of hydrogen-bond acceptors (Lipinski definition) is 7. The lowest BCUT2D eigenvalue weighted by molar-refractivity contribution is -0.140. The number of amides is 1. The Hall–Kier alpha value is -1.42. The number of fused-ring (bicyclic) bond motifs is 1. The Morgan fingerprint density at radius 2 is 1.87 bits per heavy atom. The molecule has 31 heavy (non-hydrogen) atoms. The highest BCUT2D eigenvalue weighted by molar-refractivity contribution is 7.99. The molecule has 2 atom stereocenters. The molecule has 172 valence electrons. The minimum atomic E-state index is -0.175. The smallest absolute Gasteiger partial charge is 0.348 e. The fourth-order valence-electron chi connectivity index (χ4n) is 4.82. The van der Waals surface area contributed by atoms with Crippen LogP contribution in [0.5, 0.6) is 0 Å². The quantitative estimate of drug-likeness (QED) is 0.456. The monoisotopic (exact) mass is 450 g/mol. The lowest BCUT2D eigenvalue weighted by atomic mass is 10.2. The zero-order chi connectivity index (χ0) is 21.8. The molecule has 2 saturated heterocycles. The van der Waals surface area contributed by atoms with Crippen molar-refractivity contribution in [2.24, 2.45) is 0 Å². The maximum absolute atomic E-state index is 12.8.